The first kappa shape index (κ1) is 16.4. The molecule has 1 aromatic heterocycles. The minimum Gasteiger partial charge on any atom is -0.347 e. The summed E-state index contributed by atoms with van der Waals surface area (Å²) in [6.07, 6.45) is 1.52. The number of halogens is 2. The van der Waals surface area contributed by atoms with E-state index in [1.165, 1.54) is 18.3 Å². The summed E-state index contributed by atoms with van der Waals surface area (Å²) < 4.78 is 15.0. The molecule has 3 aromatic rings. The van der Waals surface area contributed by atoms with Crippen molar-refractivity contribution in [3.8, 4) is 5.69 Å². The number of amides is 1. The third-order valence-electron chi connectivity index (χ3n) is 3.49. The van der Waals surface area contributed by atoms with Gasteiger partial charge in [-0.15, -0.1) is 0 Å². The fourth-order valence-corrected chi connectivity index (χ4v) is 2.76. The average Bonchev–Trinajstić information content (AvgIpc) is 2.96. The molecule has 0 radical (unpaired) electrons. The molecule has 24 heavy (non-hydrogen) atoms. The minimum absolute atomic E-state index is 0.292. The maximum atomic E-state index is 13.1. The van der Waals surface area contributed by atoms with Gasteiger partial charge in [0.05, 0.1) is 0 Å². The SMILES string of the molecule is O=C(NCc1ccccc1Cl)c1c[nH]c(=S)n1-c1ccc(F)cc1. The summed E-state index contributed by atoms with van der Waals surface area (Å²) in [4.78, 5) is 15.3. The number of hydrogen-bond donors (Lipinski definition) is 2. The van der Waals surface area contributed by atoms with Crippen LogP contribution in [0, 0.1) is 10.6 Å². The minimum atomic E-state index is -0.356. The van der Waals surface area contributed by atoms with Crippen LogP contribution in [0.25, 0.3) is 5.69 Å². The first-order valence-electron chi connectivity index (χ1n) is 7.14. The Labute approximate surface area is 147 Å². The van der Waals surface area contributed by atoms with Gasteiger partial charge in [0.2, 0.25) is 0 Å². The summed E-state index contributed by atoms with van der Waals surface area (Å²) in [6, 6.07) is 13.0. The predicted molar refractivity (Wildman–Crippen MR) is 93.5 cm³/mol. The van der Waals surface area contributed by atoms with Gasteiger partial charge in [0, 0.05) is 23.5 Å². The number of nitrogens with one attached hydrogen (secondary N) is 2. The zero-order chi connectivity index (χ0) is 17.1. The van der Waals surface area contributed by atoms with E-state index in [0.29, 0.717) is 27.7 Å². The second-order valence-electron chi connectivity index (χ2n) is 5.06. The van der Waals surface area contributed by atoms with E-state index in [-0.39, 0.29) is 11.7 Å². The van der Waals surface area contributed by atoms with Crippen LogP contribution in [0.5, 0.6) is 0 Å². The molecular weight excluding hydrogens is 349 g/mol. The quantitative estimate of drug-likeness (QED) is 0.682. The van der Waals surface area contributed by atoms with Crippen LogP contribution in [0.3, 0.4) is 0 Å². The van der Waals surface area contributed by atoms with Crippen molar-refractivity contribution >= 4 is 29.7 Å². The molecule has 0 aliphatic rings. The number of carbonyl (C=O) groups is 1. The van der Waals surface area contributed by atoms with Gasteiger partial charge in [0.25, 0.3) is 5.91 Å². The van der Waals surface area contributed by atoms with Gasteiger partial charge in [-0.1, -0.05) is 29.8 Å². The highest BCUT2D eigenvalue weighted by molar-refractivity contribution is 7.71. The second-order valence-corrected chi connectivity index (χ2v) is 5.86. The standard InChI is InChI=1S/C17H13ClFN3OS/c18-14-4-2-1-3-11(14)9-20-16(23)15-10-21-17(24)22(15)13-7-5-12(19)6-8-13/h1-8,10H,9H2,(H,20,23)(H,21,24). The topological polar surface area (TPSA) is 49.8 Å². The van der Waals surface area contributed by atoms with E-state index in [9.17, 15) is 9.18 Å². The van der Waals surface area contributed by atoms with E-state index >= 15 is 0 Å². The summed E-state index contributed by atoms with van der Waals surface area (Å²) in [6.45, 7) is 0.292. The Hall–Kier alpha value is -2.44. The Kier molecular flexibility index (Phi) is 4.78. The van der Waals surface area contributed by atoms with Crippen LogP contribution in [-0.2, 0) is 6.54 Å². The fourth-order valence-electron chi connectivity index (χ4n) is 2.29. The van der Waals surface area contributed by atoms with Crippen LogP contribution in [0.15, 0.2) is 54.7 Å². The maximum Gasteiger partial charge on any atom is 0.270 e. The van der Waals surface area contributed by atoms with Crippen molar-refractivity contribution in [2.75, 3.05) is 0 Å². The summed E-state index contributed by atoms with van der Waals surface area (Å²) in [5.41, 5.74) is 1.75. The molecule has 1 heterocycles. The summed E-state index contributed by atoms with van der Waals surface area (Å²) in [5.74, 6) is -0.669. The van der Waals surface area contributed by atoms with Crippen molar-refractivity contribution < 1.29 is 9.18 Å². The lowest BCUT2D eigenvalue weighted by molar-refractivity contribution is 0.0944. The largest absolute Gasteiger partial charge is 0.347 e. The fraction of sp³-hybridized carbons (Fsp3) is 0.0588. The molecule has 0 atom stereocenters. The number of benzene rings is 2. The van der Waals surface area contributed by atoms with Gasteiger partial charge in [-0.05, 0) is 48.1 Å². The average molecular weight is 362 g/mol. The van der Waals surface area contributed by atoms with Crippen LogP contribution in [-0.4, -0.2) is 15.5 Å². The summed E-state index contributed by atoms with van der Waals surface area (Å²) in [7, 11) is 0. The molecule has 0 bridgehead atoms. The first-order valence-corrected chi connectivity index (χ1v) is 7.93. The van der Waals surface area contributed by atoms with Crippen LogP contribution in [0.1, 0.15) is 16.1 Å². The molecule has 3 rings (SSSR count). The van der Waals surface area contributed by atoms with Gasteiger partial charge in [0.1, 0.15) is 11.5 Å². The molecule has 0 saturated carbocycles. The number of carbonyl (C=O) groups excluding carboxylic acids is 1. The van der Waals surface area contributed by atoms with Gasteiger partial charge in [0.15, 0.2) is 4.77 Å². The van der Waals surface area contributed by atoms with Crippen LogP contribution in [0.4, 0.5) is 4.39 Å². The molecule has 0 fully saturated rings. The molecule has 2 N–H and O–H groups in total. The monoisotopic (exact) mass is 361 g/mol. The number of H-pyrrole nitrogens is 1. The number of hydrogen-bond acceptors (Lipinski definition) is 2. The highest BCUT2D eigenvalue weighted by Crippen LogP contribution is 2.16. The van der Waals surface area contributed by atoms with Crippen molar-refractivity contribution in [3.05, 3.63) is 81.6 Å². The van der Waals surface area contributed by atoms with Gasteiger partial charge in [-0.2, -0.15) is 0 Å². The molecule has 122 valence electrons. The Morgan fingerprint density at radius 3 is 2.62 bits per heavy atom. The molecule has 0 saturated heterocycles. The Morgan fingerprint density at radius 2 is 1.92 bits per heavy atom. The lowest BCUT2D eigenvalue weighted by atomic mass is 10.2. The molecule has 7 heteroatoms. The molecule has 4 nitrogen and oxygen atoms in total. The molecule has 0 spiro atoms. The molecule has 1 amide bonds. The van der Waals surface area contributed by atoms with Crippen molar-refractivity contribution in [1.29, 1.82) is 0 Å². The molecule has 0 aliphatic heterocycles. The zero-order valence-corrected chi connectivity index (χ0v) is 14.0. The maximum absolute atomic E-state index is 13.1. The molecular formula is C17H13ClFN3OS. The van der Waals surface area contributed by atoms with E-state index < -0.39 is 0 Å². The van der Waals surface area contributed by atoms with E-state index in [0.717, 1.165) is 5.56 Å². The lowest BCUT2D eigenvalue weighted by Crippen LogP contribution is -2.25. The van der Waals surface area contributed by atoms with E-state index in [1.807, 2.05) is 18.2 Å². The van der Waals surface area contributed by atoms with E-state index in [4.69, 9.17) is 23.8 Å². The lowest BCUT2D eigenvalue weighted by Gasteiger charge is -2.10. The molecule has 0 unspecified atom stereocenters. The van der Waals surface area contributed by atoms with Crippen LogP contribution < -0.4 is 5.32 Å². The zero-order valence-electron chi connectivity index (χ0n) is 12.4. The van der Waals surface area contributed by atoms with E-state index in [1.54, 1.807) is 22.8 Å². The number of nitrogens with zero attached hydrogens (tertiary/aromatic N) is 1. The van der Waals surface area contributed by atoms with Crippen molar-refractivity contribution in [1.82, 2.24) is 14.9 Å². The normalized spacial score (nSPS) is 10.6. The van der Waals surface area contributed by atoms with Crippen molar-refractivity contribution in [2.24, 2.45) is 0 Å². The number of rotatable bonds is 4. The number of aromatic amines is 1. The number of imidazole rings is 1. The van der Waals surface area contributed by atoms with Crippen LogP contribution in [0.2, 0.25) is 5.02 Å². The summed E-state index contributed by atoms with van der Waals surface area (Å²) >= 11 is 11.3. The predicted octanol–water partition coefficient (Wildman–Crippen LogP) is 4.26. The van der Waals surface area contributed by atoms with Gasteiger partial charge < -0.3 is 10.3 Å². The smallest absolute Gasteiger partial charge is 0.270 e. The van der Waals surface area contributed by atoms with Crippen molar-refractivity contribution in [3.63, 3.8) is 0 Å². The molecule has 2 aromatic carbocycles. The Balaban J connectivity index is 1.85. The van der Waals surface area contributed by atoms with E-state index in [2.05, 4.69) is 10.3 Å². The highest BCUT2D eigenvalue weighted by Gasteiger charge is 2.14. The number of aromatic nitrogens is 2. The van der Waals surface area contributed by atoms with Gasteiger partial charge in [-0.25, -0.2) is 4.39 Å². The van der Waals surface area contributed by atoms with Gasteiger partial charge >= 0.3 is 0 Å². The Bertz CT molecular complexity index is 934. The first-order chi connectivity index (χ1) is 11.6. The Morgan fingerprint density at radius 1 is 1.21 bits per heavy atom. The highest BCUT2D eigenvalue weighted by atomic mass is 35.5. The molecule has 0 aliphatic carbocycles. The third kappa shape index (κ3) is 3.39. The van der Waals surface area contributed by atoms with Gasteiger partial charge in [-0.3, -0.25) is 9.36 Å². The van der Waals surface area contributed by atoms with Crippen LogP contribution >= 0.6 is 23.8 Å². The summed E-state index contributed by atoms with van der Waals surface area (Å²) in [5, 5.41) is 3.39. The third-order valence-corrected chi connectivity index (χ3v) is 4.16. The van der Waals surface area contributed by atoms with Crippen molar-refractivity contribution in [2.45, 2.75) is 6.54 Å². The second kappa shape index (κ2) is 6.98.